The van der Waals surface area contributed by atoms with Crippen LogP contribution in [-0.2, 0) is 0 Å². The molecular formula is C23H44. The quantitative estimate of drug-likeness (QED) is 0.479. The first-order valence-corrected chi connectivity index (χ1v) is 9.66. The first-order valence-electron chi connectivity index (χ1n) is 9.66. The van der Waals surface area contributed by atoms with E-state index in [1.165, 1.54) is 24.0 Å². The van der Waals surface area contributed by atoms with Gasteiger partial charge in [0.2, 0.25) is 0 Å². The van der Waals surface area contributed by atoms with Crippen LogP contribution >= 0.6 is 0 Å². The summed E-state index contributed by atoms with van der Waals surface area (Å²) in [5.41, 5.74) is 3.57. The molecule has 0 saturated heterocycles. The molecule has 0 heteroatoms. The van der Waals surface area contributed by atoms with E-state index in [1.54, 1.807) is 0 Å². The van der Waals surface area contributed by atoms with Crippen LogP contribution in [-0.4, -0.2) is 0 Å². The van der Waals surface area contributed by atoms with Gasteiger partial charge in [0, 0.05) is 0 Å². The summed E-state index contributed by atoms with van der Waals surface area (Å²) < 4.78 is 0. The van der Waals surface area contributed by atoms with E-state index in [-0.39, 0.29) is 5.41 Å². The summed E-state index contributed by atoms with van der Waals surface area (Å²) in [5.74, 6) is 0.654. The smallest absolute Gasteiger partial charge is 0.0119 e. The number of rotatable bonds is 2. The first-order chi connectivity index (χ1) is 10.6. The van der Waals surface area contributed by atoms with Gasteiger partial charge in [-0.25, -0.2) is 0 Å². The van der Waals surface area contributed by atoms with Crippen molar-refractivity contribution < 1.29 is 0 Å². The average molecular weight is 321 g/mol. The lowest BCUT2D eigenvalue weighted by Gasteiger charge is -2.31. The molecule has 0 aromatic heterocycles. The molecular weight excluding hydrogens is 276 g/mol. The van der Waals surface area contributed by atoms with E-state index in [4.69, 9.17) is 0 Å². The molecule has 136 valence electrons. The zero-order valence-corrected chi connectivity index (χ0v) is 18.0. The molecule has 0 nitrogen and oxygen atoms in total. The molecule has 0 aromatic carbocycles. The summed E-state index contributed by atoms with van der Waals surface area (Å²) in [6, 6.07) is 0. The Bertz CT molecular complexity index is 377. The van der Waals surface area contributed by atoms with Crippen LogP contribution in [0.1, 0.15) is 95.4 Å². The van der Waals surface area contributed by atoms with E-state index in [0.717, 1.165) is 6.42 Å². The van der Waals surface area contributed by atoms with Gasteiger partial charge in [0.1, 0.15) is 0 Å². The fraction of sp³-hybridized carbons (Fsp3) is 0.739. The zero-order chi connectivity index (χ0) is 18.7. The monoisotopic (exact) mass is 320 g/mol. The highest BCUT2D eigenvalue weighted by molar-refractivity contribution is 5.36. The molecule has 23 heavy (non-hydrogen) atoms. The minimum atomic E-state index is 0.253. The van der Waals surface area contributed by atoms with E-state index in [0.29, 0.717) is 11.3 Å². The molecule has 0 bridgehead atoms. The first kappa shape index (κ1) is 24.5. The van der Waals surface area contributed by atoms with Crippen LogP contribution in [0.4, 0.5) is 0 Å². The third kappa shape index (κ3) is 9.84. The van der Waals surface area contributed by atoms with Gasteiger partial charge in [0.05, 0.1) is 0 Å². The largest absolute Gasteiger partial charge is 0.0772 e. The SMILES string of the molecule is CC.CCC.CCC(C1=CCC=C(C(C)(C)C)C=C1)C(C)(C)C. The Morgan fingerprint density at radius 3 is 1.70 bits per heavy atom. The zero-order valence-electron chi connectivity index (χ0n) is 18.0. The Hall–Kier alpha value is -0.780. The van der Waals surface area contributed by atoms with Crippen molar-refractivity contribution >= 4 is 0 Å². The number of hydrogen-bond donors (Lipinski definition) is 0. The summed E-state index contributed by atoms with van der Waals surface area (Å²) in [7, 11) is 0. The summed E-state index contributed by atoms with van der Waals surface area (Å²) in [6.07, 6.45) is 13.0. The maximum atomic E-state index is 2.41. The maximum absolute atomic E-state index is 2.41. The second-order valence-corrected chi connectivity index (χ2v) is 8.22. The lowest BCUT2D eigenvalue weighted by Crippen LogP contribution is -2.21. The maximum Gasteiger partial charge on any atom is -0.0119 e. The predicted molar refractivity (Wildman–Crippen MR) is 110 cm³/mol. The van der Waals surface area contributed by atoms with Crippen molar-refractivity contribution in [3.63, 3.8) is 0 Å². The average Bonchev–Trinajstić information content (AvgIpc) is 2.67. The van der Waals surface area contributed by atoms with Gasteiger partial charge in [0.15, 0.2) is 0 Å². The molecule has 0 aliphatic heterocycles. The van der Waals surface area contributed by atoms with Crippen LogP contribution in [0.3, 0.4) is 0 Å². The molecule has 0 radical (unpaired) electrons. The molecule has 0 fully saturated rings. The Balaban J connectivity index is 0. The molecule has 1 unspecified atom stereocenters. The molecule has 0 amide bonds. The van der Waals surface area contributed by atoms with Gasteiger partial charge in [-0.2, -0.15) is 0 Å². The fourth-order valence-corrected chi connectivity index (χ4v) is 2.81. The molecule has 0 spiro atoms. The Kier molecular flexibility index (Phi) is 12.5. The standard InChI is InChI=1S/C18H30.C3H8.C2H6/c1-8-16(18(5,6)7)14-10-9-11-15(13-12-14)17(2,3)4;1-3-2;1-2/h10-13,16H,8-9H2,1-7H3;3H2,1-2H3;1-2H3. The van der Waals surface area contributed by atoms with Crippen LogP contribution in [0, 0.1) is 16.7 Å². The second kappa shape index (κ2) is 11.7. The third-order valence-electron chi connectivity index (χ3n) is 3.87. The molecule has 1 aliphatic rings. The van der Waals surface area contributed by atoms with Crippen molar-refractivity contribution in [3.8, 4) is 0 Å². The molecule has 0 heterocycles. The van der Waals surface area contributed by atoms with Crippen LogP contribution in [0.5, 0.6) is 0 Å². The van der Waals surface area contributed by atoms with E-state index >= 15 is 0 Å². The number of allylic oxidation sites excluding steroid dienone is 6. The summed E-state index contributed by atoms with van der Waals surface area (Å²) in [6.45, 7) is 24.4. The van der Waals surface area contributed by atoms with Crippen molar-refractivity contribution in [3.05, 3.63) is 35.5 Å². The molecule has 0 aromatic rings. The van der Waals surface area contributed by atoms with Crippen molar-refractivity contribution in [2.45, 2.75) is 95.4 Å². The van der Waals surface area contributed by atoms with E-state index in [1.807, 2.05) is 13.8 Å². The molecule has 1 atom stereocenters. The van der Waals surface area contributed by atoms with Gasteiger partial charge in [-0.1, -0.05) is 107 Å². The van der Waals surface area contributed by atoms with Gasteiger partial charge >= 0.3 is 0 Å². The topological polar surface area (TPSA) is 0 Å². The minimum absolute atomic E-state index is 0.253. The van der Waals surface area contributed by atoms with Crippen LogP contribution < -0.4 is 0 Å². The van der Waals surface area contributed by atoms with Crippen molar-refractivity contribution in [1.82, 2.24) is 0 Å². The Labute approximate surface area is 148 Å². The molecule has 1 aliphatic carbocycles. The Morgan fingerprint density at radius 1 is 0.870 bits per heavy atom. The van der Waals surface area contributed by atoms with E-state index in [9.17, 15) is 0 Å². The van der Waals surface area contributed by atoms with Crippen LogP contribution in [0.25, 0.3) is 0 Å². The molecule has 1 rings (SSSR count). The Morgan fingerprint density at radius 2 is 1.35 bits per heavy atom. The van der Waals surface area contributed by atoms with Gasteiger partial charge < -0.3 is 0 Å². The van der Waals surface area contributed by atoms with Gasteiger partial charge in [-0.05, 0) is 40.7 Å². The van der Waals surface area contributed by atoms with E-state index < -0.39 is 0 Å². The molecule has 0 N–H and O–H groups in total. The fourth-order valence-electron chi connectivity index (χ4n) is 2.81. The highest BCUT2D eigenvalue weighted by atomic mass is 14.3. The van der Waals surface area contributed by atoms with Crippen molar-refractivity contribution in [1.29, 1.82) is 0 Å². The van der Waals surface area contributed by atoms with Gasteiger partial charge in [-0.15, -0.1) is 0 Å². The molecule has 0 saturated carbocycles. The highest BCUT2D eigenvalue weighted by Crippen LogP contribution is 2.37. The highest BCUT2D eigenvalue weighted by Gasteiger charge is 2.26. The predicted octanol–water partition coefficient (Wildman–Crippen LogP) is 8.36. The van der Waals surface area contributed by atoms with Gasteiger partial charge in [-0.3, -0.25) is 0 Å². The van der Waals surface area contributed by atoms with E-state index in [2.05, 4.69) is 86.6 Å². The summed E-state index contributed by atoms with van der Waals surface area (Å²) in [5, 5.41) is 0. The number of hydrogen-bond acceptors (Lipinski definition) is 0. The van der Waals surface area contributed by atoms with Crippen molar-refractivity contribution in [2.24, 2.45) is 16.7 Å². The second-order valence-electron chi connectivity index (χ2n) is 8.22. The van der Waals surface area contributed by atoms with Gasteiger partial charge in [0.25, 0.3) is 0 Å². The minimum Gasteiger partial charge on any atom is -0.0772 e. The summed E-state index contributed by atoms with van der Waals surface area (Å²) in [4.78, 5) is 0. The lowest BCUT2D eigenvalue weighted by atomic mass is 9.74. The van der Waals surface area contributed by atoms with Crippen molar-refractivity contribution in [2.75, 3.05) is 0 Å². The van der Waals surface area contributed by atoms with Crippen LogP contribution in [0.15, 0.2) is 35.5 Å². The summed E-state index contributed by atoms with van der Waals surface area (Å²) >= 11 is 0. The normalized spacial score (nSPS) is 16.0. The third-order valence-corrected chi connectivity index (χ3v) is 3.87. The van der Waals surface area contributed by atoms with Crippen LogP contribution in [0.2, 0.25) is 0 Å². The lowest BCUT2D eigenvalue weighted by molar-refractivity contribution is 0.276.